The molecular weight excluding hydrogens is 142 g/mol. The van der Waals surface area contributed by atoms with Crippen molar-refractivity contribution in [1.82, 2.24) is 0 Å². The summed E-state index contributed by atoms with van der Waals surface area (Å²) in [5, 5.41) is 0.713. The van der Waals surface area contributed by atoms with E-state index in [0.717, 1.165) is 5.75 Å². The smallest absolute Gasteiger partial charge is 0.0153 e. The van der Waals surface area contributed by atoms with Crippen LogP contribution in [0.4, 0.5) is 0 Å². The van der Waals surface area contributed by atoms with Crippen molar-refractivity contribution in [2.45, 2.75) is 39.0 Å². The van der Waals surface area contributed by atoms with Crippen molar-refractivity contribution in [3.63, 3.8) is 0 Å². The summed E-state index contributed by atoms with van der Waals surface area (Å²) < 4.78 is 0. The van der Waals surface area contributed by atoms with Crippen LogP contribution in [0.25, 0.3) is 0 Å². The molecule has 0 amide bonds. The first kappa shape index (κ1) is 10.3. The van der Waals surface area contributed by atoms with Gasteiger partial charge in [0.15, 0.2) is 0 Å². The van der Waals surface area contributed by atoms with Crippen molar-refractivity contribution < 1.29 is 0 Å². The maximum atomic E-state index is 5.84. The van der Waals surface area contributed by atoms with Gasteiger partial charge in [0.2, 0.25) is 0 Å². The van der Waals surface area contributed by atoms with Crippen LogP contribution in [0, 0.1) is 5.92 Å². The third-order valence-electron chi connectivity index (χ3n) is 1.48. The second kappa shape index (κ2) is 5.03. The molecule has 1 atom stereocenters. The zero-order chi connectivity index (χ0) is 8.15. The van der Waals surface area contributed by atoms with Gasteiger partial charge in [-0.05, 0) is 11.2 Å². The maximum absolute atomic E-state index is 5.84. The summed E-state index contributed by atoms with van der Waals surface area (Å²) in [6, 6.07) is 0.368. The summed E-state index contributed by atoms with van der Waals surface area (Å²) in [7, 11) is 0. The fourth-order valence-electron chi connectivity index (χ4n) is 0.496. The van der Waals surface area contributed by atoms with Crippen LogP contribution < -0.4 is 5.73 Å². The molecule has 0 saturated carbocycles. The first-order valence-corrected chi connectivity index (χ1v) is 4.96. The minimum Gasteiger partial charge on any atom is -0.327 e. The van der Waals surface area contributed by atoms with Gasteiger partial charge in [-0.25, -0.2) is 0 Å². The van der Waals surface area contributed by atoms with Gasteiger partial charge in [-0.15, -0.1) is 0 Å². The molecule has 0 aromatic heterocycles. The lowest BCUT2D eigenvalue weighted by Crippen LogP contribution is -2.29. The molecule has 62 valence electrons. The third-order valence-corrected chi connectivity index (χ3v) is 2.72. The summed E-state index contributed by atoms with van der Waals surface area (Å²) in [6.45, 7) is 8.76. The summed E-state index contributed by atoms with van der Waals surface area (Å²) in [4.78, 5) is 0. The third kappa shape index (κ3) is 5.12. The van der Waals surface area contributed by atoms with E-state index in [-0.39, 0.29) is 0 Å². The first-order valence-electron chi connectivity index (χ1n) is 3.91. The molecule has 0 fully saturated rings. The predicted molar refractivity (Wildman–Crippen MR) is 50.4 cm³/mol. The summed E-state index contributed by atoms with van der Waals surface area (Å²) >= 11 is 1.94. The molecule has 1 unspecified atom stereocenters. The van der Waals surface area contributed by atoms with E-state index in [0.29, 0.717) is 17.2 Å². The minimum absolute atomic E-state index is 0.368. The Morgan fingerprint density at radius 1 is 1.20 bits per heavy atom. The largest absolute Gasteiger partial charge is 0.327 e. The quantitative estimate of drug-likeness (QED) is 0.683. The Labute approximate surface area is 68.8 Å². The van der Waals surface area contributed by atoms with Gasteiger partial charge >= 0.3 is 0 Å². The molecule has 0 aliphatic heterocycles. The van der Waals surface area contributed by atoms with E-state index in [1.807, 2.05) is 11.8 Å². The highest BCUT2D eigenvalue weighted by Crippen LogP contribution is 2.12. The zero-order valence-corrected chi connectivity index (χ0v) is 8.24. The highest BCUT2D eigenvalue weighted by molar-refractivity contribution is 7.99. The molecule has 0 saturated heterocycles. The molecule has 2 N–H and O–H groups in total. The molecule has 0 bridgehead atoms. The van der Waals surface area contributed by atoms with E-state index in [9.17, 15) is 0 Å². The lowest BCUT2D eigenvalue weighted by Gasteiger charge is -2.15. The van der Waals surface area contributed by atoms with Crippen LogP contribution in [0.3, 0.4) is 0 Å². The maximum Gasteiger partial charge on any atom is 0.0153 e. The fraction of sp³-hybridized carbons (Fsp3) is 1.00. The van der Waals surface area contributed by atoms with Crippen LogP contribution in [-0.2, 0) is 0 Å². The van der Waals surface area contributed by atoms with E-state index >= 15 is 0 Å². The van der Waals surface area contributed by atoms with Crippen LogP contribution in [0.15, 0.2) is 0 Å². The number of nitrogens with two attached hydrogens (primary N) is 1. The van der Waals surface area contributed by atoms with Crippen molar-refractivity contribution in [1.29, 1.82) is 0 Å². The Balaban J connectivity index is 3.30. The van der Waals surface area contributed by atoms with Crippen molar-refractivity contribution in [2.75, 3.05) is 5.75 Å². The van der Waals surface area contributed by atoms with Crippen molar-refractivity contribution >= 4 is 11.8 Å². The van der Waals surface area contributed by atoms with E-state index in [1.54, 1.807) is 0 Å². The molecule has 0 radical (unpaired) electrons. The van der Waals surface area contributed by atoms with E-state index in [4.69, 9.17) is 5.73 Å². The normalized spacial score (nSPS) is 14.7. The zero-order valence-electron chi connectivity index (χ0n) is 7.42. The van der Waals surface area contributed by atoms with Crippen molar-refractivity contribution in [3.8, 4) is 0 Å². The monoisotopic (exact) mass is 161 g/mol. The molecule has 0 rings (SSSR count). The molecule has 1 nitrogen and oxygen atoms in total. The Hall–Kier alpha value is 0.310. The van der Waals surface area contributed by atoms with Gasteiger partial charge in [0.25, 0.3) is 0 Å². The second-order valence-electron chi connectivity index (χ2n) is 3.29. The van der Waals surface area contributed by atoms with Crippen molar-refractivity contribution in [2.24, 2.45) is 11.7 Å². The molecular formula is C8H19NS. The lowest BCUT2D eigenvalue weighted by molar-refractivity contribution is 0.535. The van der Waals surface area contributed by atoms with Crippen LogP contribution in [-0.4, -0.2) is 17.0 Å². The van der Waals surface area contributed by atoms with Gasteiger partial charge < -0.3 is 5.73 Å². The topological polar surface area (TPSA) is 26.0 Å². The molecule has 10 heavy (non-hydrogen) atoms. The average Bonchev–Trinajstić information content (AvgIpc) is 1.82. The molecule has 0 aromatic carbocycles. The first-order chi connectivity index (χ1) is 4.54. The standard InChI is InChI=1S/C8H19NS/c1-6(2)8(9)5-10-7(3)4/h6-8H,5,9H2,1-4H3. The van der Waals surface area contributed by atoms with Crippen LogP contribution >= 0.6 is 11.8 Å². The van der Waals surface area contributed by atoms with Gasteiger partial charge in [0, 0.05) is 11.8 Å². The minimum atomic E-state index is 0.368. The van der Waals surface area contributed by atoms with Gasteiger partial charge in [-0.3, -0.25) is 0 Å². The number of hydrogen-bond acceptors (Lipinski definition) is 2. The molecule has 0 aromatic rings. The van der Waals surface area contributed by atoms with Crippen LogP contribution in [0.1, 0.15) is 27.7 Å². The lowest BCUT2D eigenvalue weighted by atomic mass is 10.1. The SMILES string of the molecule is CC(C)SCC(N)C(C)C. The van der Waals surface area contributed by atoms with Gasteiger partial charge in [0.05, 0.1) is 0 Å². The number of hydrogen-bond donors (Lipinski definition) is 1. The number of thioether (sulfide) groups is 1. The summed E-state index contributed by atoms with van der Waals surface area (Å²) in [5.41, 5.74) is 5.84. The highest BCUT2D eigenvalue weighted by Gasteiger charge is 2.07. The fourth-order valence-corrected chi connectivity index (χ4v) is 1.49. The van der Waals surface area contributed by atoms with Gasteiger partial charge in [-0.1, -0.05) is 27.7 Å². The van der Waals surface area contributed by atoms with E-state index in [2.05, 4.69) is 27.7 Å². The van der Waals surface area contributed by atoms with E-state index < -0.39 is 0 Å². The van der Waals surface area contributed by atoms with Gasteiger partial charge in [0.1, 0.15) is 0 Å². The highest BCUT2D eigenvalue weighted by atomic mass is 32.2. The Kier molecular flexibility index (Phi) is 5.18. The molecule has 2 heteroatoms. The summed E-state index contributed by atoms with van der Waals surface area (Å²) in [6.07, 6.45) is 0. The predicted octanol–water partition coefficient (Wildman–Crippen LogP) is 2.11. The van der Waals surface area contributed by atoms with E-state index in [1.165, 1.54) is 0 Å². The van der Waals surface area contributed by atoms with Gasteiger partial charge in [-0.2, -0.15) is 11.8 Å². The molecule has 0 spiro atoms. The Morgan fingerprint density at radius 2 is 1.70 bits per heavy atom. The Bertz CT molecular complexity index is 81.3. The second-order valence-corrected chi connectivity index (χ2v) is 4.90. The molecule has 0 aliphatic carbocycles. The number of rotatable bonds is 4. The Morgan fingerprint density at radius 3 is 2.00 bits per heavy atom. The average molecular weight is 161 g/mol. The van der Waals surface area contributed by atoms with Crippen LogP contribution in [0.5, 0.6) is 0 Å². The van der Waals surface area contributed by atoms with Crippen LogP contribution in [0.2, 0.25) is 0 Å². The van der Waals surface area contributed by atoms with Crippen molar-refractivity contribution in [3.05, 3.63) is 0 Å². The molecule has 0 aliphatic rings. The molecule has 0 heterocycles. The summed E-state index contributed by atoms with van der Waals surface area (Å²) in [5.74, 6) is 1.71.